The van der Waals surface area contributed by atoms with Crippen LogP contribution in [0.15, 0.2) is 38.5 Å². The maximum atomic E-state index is 12.3. The van der Waals surface area contributed by atoms with Crippen molar-refractivity contribution in [3.8, 4) is 0 Å². The van der Waals surface area contributed by atoms with Gasteiger partial charge in [0.1, 0.15) is 17.0 Å². The highest BCUT2D eigenvalue weighted by atomic mass is 16.3. The summed E-state index contributed by atoms with van der Waals surface area (Å²) in [5, 5.41) is 6.64. The molecule has 1 aromatic heterocycles. The van der Waals surface area contributed by atoms with Gasteiger partial charge in [-0.05, 0) is 19.1 Å². The lowest BCUT2D eigenvalue weighted by Gasteiger charge is -2.09. The first-order chi connectivity index (χ1) is 8.75. The van der Waals surface area contributed by atoms with Gasteiger partial charge >= 0.3 is 0 Å². The topological polar surface area (TPSA) is 66.6 Å². The largest absolute Gasteiger partial charge is 0.459 e. The molecule has 0 atom stereocenters. The number of fused-ring (bicyclic) bond motifs is 1. The predicted molar refractivity (Wildman–Crippen MR) is 71.1 cm³/mol. The molecule has 5 heteroatoms. The molecule has 2 N–H and O–H groups in total. The van der Waals surface area contributed by atoms with Gasteiger partial charge in [-0.2, -0.15) is 0 Å². The standard InChI is InChI=1S/C13H13N3O2/c1-8-11(16-13-14-6-7-15-13)12(17)9-4-2-3-5-10(9)18-8/h2-5H,6-7H2,1H3,(H2,14,15,16). The summed E-state index contributed by atoms with van der Waals surface area (Å²) in [5.41, 5.74) is 0.986. The molecule has 0 amide bonds. The normalized spacial score (nSPS) is 14.4. The second-order valence-corrected chi connectivity index (χ2v) is 4.14. The molecule has 0 aliphatic carbocycles. The molecule has 0 fully saturated rings. The number of rotatable bonds is 1. The first kappa shape index (κ1) is 10.8. The Hall–Kier alpha value is -2.30. The number of benzene rings is 1. The van der Waals surface area contributed by atoms with Crippen molar-refractivity contribution >= 4 is 22.6 Å². The summed E-state index contributed by atoms with van der Waals surface area (Å²) < 4.78 is 5.64. The first-order valence-electron chi connectivity index (χ1n) is 5.83. The summed E-state index contributed by atoms with van der Waals surface area (Å²) >= 11 is 0. The van der Waals surface area contributed by atoms with Gasteiger partial charge in [0, 0.05) is 6.54 Å². The highest BCUT2D eigenvalue weighted by molar-refractivity contribution is 5.96. The monoisotopic (exact) mass is 243 g/mol. The molecule has 0 radical (unpaired) electrons. The van der Waals surface area contributed by atoms with Crippen molar-refractivity contribution in [2.24, 2.45) is 4.99 Å². The van der Waals surface area contributed by atoms with Crippen molar-refractivity contribution in [1.29, 1.82) is 0 Å². The number of aryl methyl sites for hydroxylation is 1. The molecule has 0 spiro atoms. The minimum absolute atomic E-state index is 0.0641. The maximum Gasteiger partial charge on any atom is 0.216 e. The van der Waals surface area contributed by atoms with Gasteiger partial charge in [0.25, 0.3) is 0 Å². The Balaban J connectivity index is 2.13. The lowest BCUT2D eigenvalue weighted by atomic mass is 10.2. The van der Waals surface area contributed by atoms with E-state index in [4.69, 9.17) is 4.42 Å². The second-order valence-electron chi connectivity index (χ2n) is 4.14. The van der Waals surface area contributed by atoms with Gasteiger partial charge < -0.3 is 15.1 Å². The third-order valence-corrected chi connectivity index (χ3v) is 2.89. The van der Waals surface area contributed by atoms with Crippen LogP contribution in [0.25, 0.3) is 11.0 Å². The van der Waals surface area contributed by atoms with Crippen LogP contribution < -0.4 is 16.1 Å². The molecular weight excluding hydrogens is 230 g/mol. The fourth-order valence-corrected chi connectivity index (χ4v) is 2.00. The molecule has 1 aromatic carbocycles. The van der Waals surface area contributed by atoms with Crippen LogP contribution in [0.2, 0.25) is 0 Å². The number of hydrogen-bond donors (Lipinski definition) is 2. The zero-order valence-electron chi connectivity index (χ0n) is 9.99. The van der Waals surface area contributed by atoms with E-state index in [1.54, 1.807) is 19.1 Å². The number of aliphatic imine (C=N–C) groups is 1. The van der Waals surface area contributed by atoms with E-state index in [-0.39, 0.29) is 5.43 Å². The first-order valence-corrected chi connectivity index (χ1v) is 5.83. The Kier molecular flexibility index (Phi) is 2.51. The second kappa shape index (κ2) is 4.18. The molecule has 0 bridgehead atoms. The summed E-state index contributed by atoms with van der Waals surface area (Å²) in [6.45, 7) is 3.28. The summed E-state index contributed by atoms with van der Waals surface area (Å²) in [6, 6.07) is 7.22. The Bertz CT molecular complexity index is 688. The summed E-state index contributed by atoms with van der Waals surface area (Å²) in [6.07, 6.45) is 0. The molecule has 1 aliphatic heterocycles. The van der Waals surface area contributed by atoms with Gasteiger partial charge in [-0.25, -0.2) is 0 Å². The van der Waals surface area contributed by atoms with Crippen LogP contribution in [0.5, 0.6) is 0 Å². The van der Waals surface area contributed by atoms with Gasteiger partial charge in [-0.15, -0.1) is 0 Å². The lowest BCUT2D eigenvalue weighted by Crippen LogP contribution is -2.29. The van der Waals surface area contributed by atoms with Crippen LogP contribution in [-0.4, -0.2) is 19.0 Å². The van der Waals surface area contributed by atoms with E-state index in [2.05, 4.69) is 15.6 Å². The maximum absolute atomic E-state index is 12.3. The number of anilines is 1. The fourth-order valence-electron chi connectivity index (χ4n) is 2.00. The van der Waals surface area contributed by atoms with E-state index < -0.39 is 0 Å². The smallest absolute Gasteiger partial charge is 0.216 e. The fraction of sp³-hybridized carbons (Fsp3) is 0.231. The van der Waals surface area contributed by atoms with Gasteiger partial charge in [0.05, 0.1) is 11.9 Å². The van der Waals surface area contributed by atoms with E-state index in [1.165, 1.54) is 0 Å². The molecular formula is C13H13N3O2. The van der Waals surface area contributed by atoms with Crippen molar-refractivity contribution in [2.75, 3.05) is 18.4 Å². The van der Waals surface area contributed by atoms with Gasteiger partial charge in [0.2, 0.25) is 5.43 Å². The Morgan fingerprint density at radius 2 is 2.22 bits per heavy atom. The van der Waals surface area contributed by atoms with Crippen molar-refractivity contribution in [3.63, 3.8) is 0 Å². The number of para-hydroxylation sites is 1. The van der Waals surface area contributed by atoms with Crippen molar-refractivity contribution in [2.45, 2.75) is 6.92 Å². The van der Waals surface area contributed by atoms with Crippen molar-refractivity contribution in [3.05, 3.63) is 40.2 Å². The summed E-state index contributed by atoms with van der Waals surface area (Å²) in [7, 11) is 0. The quantitative estimate of drug-likeness (QED) is 0.796. The molecule has 0 saturated heterocycles. The Morgan fingerprint density at radius 3 is 3.00 bits per heavy atom. The zero-order valence-corrected chi connectivity index (χ0v) is 9.99. The van der Waals surface area contributed by atoms with Crippen LogP contribution in [0, 0.1) is 6.92 Å². The molecule has 18 heavy (non-hydrogen) atoms. The van der Waals surface area contributed by atoms with Crippen LogP contribution in [0.1, 0.15) is 5.76 Å². The van der Waals surface area contributed by atoms with E-state index in [1.807, 2.05) is 12.1 Å². The third-order valence-electron chi connectivity index (χ3n) is 2.89. The van der Waals surface area contributed by atoms with Gasteiger partial charge in [0.15, 0.2) is 5.96 Å². The highest BCUT2D eigenvalue weighted by Crippen LogP contribution is 2.18. The van der Waals surface area contributed by atoms with Crippen LogP contribution >= 0.6 is 0 Å². The van der Waals surface area contributed by atoms with E-state index in [9.17, 15) is 4.79 Å². The van der Waals surface area contributed by atoms with Gasteiger partial charge in [-0.3, -0.25) is 9.79 Å². The molecule has 1 aliphatic rings. The summed E-state index contributed by atoms with van der Waals surface area (Å²) in [4.78, 5) is 16.5. The number of hydrogen-bond acceptors (Lipinski definition) is 5. The lowest BCUT2D eigenvalue weighted by molar-refractivity contribution is 0.568. The molecule has 0 saturated carbocycles. The molecule has 2 aromatic rings. The minimum Gasteiger partial charge on any atom is -0.459 e. The zero-order chi connectivity index (χ0) is 12.5. The molecule has 92 valence electrons. The van der Waals surface area contributed by atoms with Crippen LogP contribution in [0.3, 0.4) is 0 Å². The molecule has 5 nitrogen and oxygen atoms in total. The SMILES string of the molecule is Cc1oc2ccccc2c(=O)c1NC1=NCCN1. The van der Waals surface area contributed by atoms with Crippen molar-refractivity contribution in [1.82, 2.24) is 5.32 Å². The van der Waals surface area contributed by atoms with E-state index >= 15 is 0 Å². The average Bonchev–Trinajstić information content (AvgIpc) is 2.87. The molecule has 3 rings (SSSR count). The van der Waals surface area contributed by atoms with E-state index in [0.29, 0.717) is 28.4 Å². The molecule has 0 unspecified atom stereocenters. The number of guanidine groups is 1. The van der Waals surface area contributed by atoms with Crippen molar-refractivity contribution < 1.29 is 4.42 Å². The Labute approximate surface area is 104 Å². The number of nitrogens with zero attached hydrogens (tertiary/aromatic N) is 1. The molecule has 2 heterocycles. The average molecular weight is 243 g/mol. The number of nitrogens with one attached hydrogen (secondary N) is 2. The highest BCUT2D eigenvalue weighted by Gasteiger charge is 2.14. The Morgan fingerprint density at radius 1 is 1.39 bits per heavy atom. The van der Waals surface area contributed by atoms with Gasteiger partial charge in [-0.1, -0.05) is 12.1 Å². The predicted octanol–water partition coefficient (Wildman–Crippen LogP) is 1.47. The van der Waals surface area contributed by atoms with Crippen LogP contribution in [-0.2, 0) is 0 Å². The third kappa shape index (κ3) is 1.73. The summed E-state index contributed by atoms with van der Waals surface area (Å²) in [5.74, 6) is 1.19. The minimum atomic E-state index is -0.0641. The van der Waals surface area contributed by atoms with Crippen LogP contribution in [0.4, 0.5) is 5.69 Å². The van der Waals surface area contributed by atoms with E-state index in [0.717, 1.165) is 13.1 Å².